The highest BCUT2D eigenvalue weighted by Gasteiger charge is 2.42. The highest BCUT2D eigenvalue weighted by atomic mass is 31.2. The van der Waals surface area contributed by atoms with Crippen molar-refractivity contribution in [1.82, 2.24) is 13.8 Å². The molecule has 1 heterocycles. The third-order valence-corrected chi connectivity index (χ3v) is 16.3. The largest absolute Gasteiger partial charge is 0.497 e. The topological polar surface area (TPSA) is 134 Å². The lowest BCUT2D eigenvalue weighted by Gasteiger charge is -2.40. The minimum Gasteiger partial charge on any atom is -0.497 e. The molecule has 2 atom stereocenters. The normalized spacial score (nSPS) is 13.2. The summed E-state index contributed by atoms with van der Waals surface area (Å²) >= 11 is 0. The number of carbonyl (C=O) groups is 1. The van der Waals surface area contributed by atoms with E-state index in [0.29, 0.717) is 36.4 Å². The zero-order valence-electron chi connectivity index (χ0n) is 37.1. The molecule has 62 heavy (non-hydrogen) atoms. The molecule has 1 aromatic heterocycles. The van der Waals surface area contributed by atoms with Crippen LogP contribution in [0.25, 0.3) is 0 Å². The fourth-order valence-electron chi connectivity index (χ4n) is 7.53. The van der Waals surface area contributed by atoms with Crippen LogP contribution in [0, 0.1) is 18.3 Å². The second-order valence-corrected chi connectivity index (χ2v) is 22.3. The molecular formula is C48H59N4O8PSi. The van der Waals surface area contributed by atoms with Gasteiger partial charge in [0, 0.05) is 48.4 Å². The first-order valence-corrected chi connectivity index (χ1v) is 25.2. The number of hydrogen-bond donors (Lipinski definition) is 0. The maximum absolute atomic E-state index is 13.9. The average molecular weight is 879 g/mol. The number of methoxy groups -OCH3 is 2. The van der Waals surface area contributed by atoms with Gasteiger partial charge in [0.25, 0.3) is 20.0 Å². The molecule has 0 bridgehead atoms. The van der Waals surface area contributed by atoms with Gasteiger partial charge in [-0.1, -0.05) is 85.4 Å². The highest BCUT2D eigenvalue weighted by molar-refractivity contribution is 7.44. The molecule has 0 aliphatic carbocycles. The Hall–Kier alpha value is -5.19. The number of aromatic nitrogens is 2. The van der Waals surface area contributed by atoms with Crippen LogP contribution in [0.15, 0.2) is 125 Å². The molecule has 0 spiro atoms. The zero-order chi connectivity index (χ0) is 44.9. The molecule has 0 aliphatic rings. The number of nitriles is 1. The van der Waals surface area contributed by atoms with Crippen LogP contribution in [-0.2, 0) is 25.9 Å². The molecule has 14 heteroatoms. The lowest BCUT2D eigenvalue weighted by molar-refractivity contribution is 0.0378. The molecule has 0 saturated heterocycles. The van der Waals surface area contributed by atoms with E-state index in [1.807, 2.05) is 66.7 Å². The molecule has 328 valence electrons. The van der Waals surface area contributed by atoms with Crippen LogP contribution >= 0.6 is 8.53 Å². The van der Waals surface area contributed by atoms with Gasteiger partial charge in [-0.25, -0.2) is 9.46 Å². The first kappa shape index (κ1) is 47.8. The highest BCUT2D eigenvalue weighted by Crippen LogP contribution is 2.47. The minimum atomic E-state index is -2.70. The molecule has 0 radical (unpaired) electrons. The number of nitrogens with zero attached hydrogens (tertiary/aromatic N) is 4. The van der Waals surface area contributed by atoms with Gasteiger partial charge in [-0.3, -0.25) is 14.2 Å². The summed E-state index contributed by atoms with van der Waals surface area (Å²) in [6.07, 6.45) is 2.96. The van der Waals surface area contributed by atoms with Crippen molar-refractivity contribution in [3.63, 3.8) is 0 Å². The molecule has 4 aromatic carbocycles. The number of hydrogen-bond acceptors (Lipinski definition) is 10. The Morgan fingerprint density at radius 1 is 0.790 bits per heavy atom. The van der Waals surface area contributed by atoms with Crippen molar-refractivity contribution in [1.29, 1.82) is 5.26 Å². The summed E-state index contributed by atoms with van der Waals surface area (Å²) in [4.78, 5) is 40.6. The second-order valence-electron chi connectivity index (χ2n) is 16.1. The van der Waals surface area contributed by atoms with E-state index in [2.05, 4.69) is 57.1 Å². The Bertz CT molecular complexity index is 2310. The van der Waals surface area contributed by atoms with Crippen LogP contribution in [0.1, 0.15) is 73.1 Å². The number of ether oxygens (including phenoxy) is 3. The van der Waals surface area contributed by atoms with Crippen molar-refractivity contribution in [3.8, 4) is 17.6 Å². The van der Waals surface area contributed by atoms with Crippen molar-refractivity contribution < 1.29 is 28.1 Å². The van der Waals surface area contributed by atoms with Gasteiger partial charge in [-0.05, 0) is 94.1 Å². The molecular weight excluding hydrogens is 820 g/mol. The van der Waals surface area contributed by atoms with E-state index in [0.717, 1.165) is 21.3 Å². The van der Waals surface area contributed by atoms with Gasteiger partial charge < -0.3 is 23.3 Å². The second kappa shape index (κ2) is 22.2. The Morgan fingerprint density at radius 2 is 1.32 bits per heavy atom. The van der Waals surface area contributed by atoms with Crippen molar-refractivity contribution in [2.24, 2.45) is 0 Å². The smallest absolute Gasteiger partial charge is 0.338 e. The Balaban J connectivity index is 1.57. The fraction of sp³-hybridized carbons (Fsp3) is 0.375. The van der Waals surface area contributed by atoms with Crippen LogP contribution in [0.3, 0.4) is 0 Å². The van der Waals surface area contributed by atoms with Crippen LogP contribution in [0.5, 0.6) is 11.5 Å². The van der Waals surface area contributed by atoms with Gasteiger partial charge in [0.1, 0.15) is 25.2 Å². The van der Waals surface area contributed by atoms with E-state index >= 15 is 0 Å². The van der Waals surface area contributed by atoms with Crippen molar-refractivity contribution in [2.45, 2.75) is 84.3 Å². The molecule has 5 aromatic rings. The number of rotatable bonds is 22. The van der Waals surface area contributed by atoms with Crippen LogP contribution < -0.4 is 20.7 Å². The number of carbonyl (C=O) groups excluding carboxylic acids is 1. The van der Waals surface area contributed by atoms with E-state index in [9.17, 15) is 19.6 Å². The molecule has 2 unspecified atom stereocenters. The predicted molar refractivity (Wildman–Crippen MR) is 246 cm³/mol. The van der Waals surface area contributed by atoms with Gasteiger partial charge in [0.2, 0.25) is 0 Å². The zero-order valence-corrected chi connectivity index (χ0v) is 39.0. The van der Waals surface area contributed by atoms with E-state index in [-0.39, 0.29) is 42.8 Å². The van der Waals surface area contributed by atoms with Gasteiger partial charge in [-0.15, -0.1) is 0 Å². The quantitative estimate of drug-likeness (QED) is 0.0287. The molecule has 0 N–H and O–H groups in total. The maximum Gasteiger partial charge on any atom is 0.338 e. The van der Waals surface area contributed by atoms with Crippen molar-refractivity contribution >= 4 is 22.5 Å². The van der Waals surface area contributed by atoms with Gasteiger partial charge >= 0.3 is 5.69 Å². The molecule has 0 amide bonds. The Kier molecular flexibility index (Phi) is 17.2. The SMILES string of the molecule is COc1ccc(C(OC[Si](C)(CCCn2cc(C)c(=O)n(C(=O)c3ccccc3)c2=O)COP(OCCC#N)N(C(C)C)C(C)C)(c2ccccc2)c2ccc(OC)cc2)cc1. The average Bonchev–Trinajstić information content (AvgIpc) is 3.28. The van der Waals surface area contributed by atoms with Crippen LogP contribution in [0.4, 0.5) is 0 Å². The van der Waals surface area contributed by atoms with E-state index in [1.54, 1.807) is 51.5 Å². The van der Waals surface area contributed by atoms with Crippen molar-refractivity contribution in [3.05, 3.63) is 164 Å². The lowest BCUT2D eigenvalue weighted by atomic mass is 9.80. The maximum atomic E-state index is 13.9. The van der Waals surface area contributed by atoms with Crippen LogP contribution in [-0.4, -0.2) is 73.2 Å². The predicted octanol–water partition coefficient (Wildman–Crippen LogP) is 8.87. The summed E-state index contributed by atoms with van der Waals surface area (Å²) in [5, 5.41) is 9.37. The van der Waals surface area contributed by atoms with Gasteiger partial charge in [0.15, 0.2) is 0 Å². The monoisotopic (exact) mass is 878 g/mol. The van der Waals surface area contributed by atoms with Crippen LogP contribution in [0.2, 0.25) is 12.6 Å². The standard InChI is InChI=1S/C48H59N4O8PSi/c1-36(2)52(37(3)4)61(59-31-15-29-49)60-35-62(8,32-16-30-50-33-38(5)45(53)51(47(50)55)46(54)39-17-11-9-12-18-39)34-58-48(40-19-13-10-14-20-40,41-21-25-43(56-6)26-22-41)42-23-27-44(57-7)28-24-42/h9-14,17-28,33,36-37H,15-16,30-32,34-35H2,1-8H3. The van der Waals surface area contributed by atoms with Gasteiger partial charge in [0.05, 0.1) is 33.3 Å². The summed E-state index contributed by atoms with van der Waals surface area (Å²) < 4.78 is 36.2. The lowest BCUT2D eigenvalue weighted by Crippen LogP contribution is -2.47. The summed E-state index contributed by atoms with van der Waals surface area (Å²) in [7, 11) is -0.989. The van der Waals surface area contributed by atoms with Gasteiger partial charge in [-0.2, -0.15) is 9.83 Å². The molecule has 0 saturated carbocycles. The first-order chi connectivity index (χ1) is 29.8. The number of aryl methyl sites for hydroxylation is 2. The first-order valence-electron chi connectivity index (χ1n) is 20.9. The van der Waals surface area contributed by atoms with Crippen molar-refractivity contribution in [2.75, 3.05) is 33.3 Å². The molecule has 12 nitrogen and oxygen atoms in total. The number of benzene rings is 4. The van der Waals surface area contributed by atoms with E-state index < -0.39 is 39.4 Å². The summed E-state index contributed by atoms with van der Waals surface area (Å²) in [5.41, 5.74) is 0.846. The Labute approximate surface area is 367 Å². The molecule has 5 rings (SSSR count). The summed E-state index contributed by atoms with van der Waals surface area (Å²) in [6.45, 7) is 12.7. The third kappa shape index (κ3) is 11.4. The van der Waals surface area contributed by atoms with E-state index in [4.69, 9.17) is 23.3 Å². The molecule has 0 fully saturated rings. The summed E-state index contributed by atoms with van der Waals surface area (Å²) in [6, 6.07) is 37.3. The third-order valence-electron chi connectivity index (χ3n) is 10.7. The fourth-order valence-corrected chi connectivity index (χ4v) is 12.5. The Morgan fingerprint density at radius 3 is 1.84 bits per heavy atom. The van der Waals surface area contributed by atoms with E-state index in [1.165, 1.54) is 10.8 Å². The summed E-state index contributed by atoms with van der Waals surface area (Å²) in [5.74, 6) is 0.757. The minimum absolute atomic E-state index is 0.104. The molecule has 0 aliphatic heterocycles.